The van der Waals surface area contributed by atoms with Gasteiger partial charge >= 0.3 is 6.18 Å². The van der Waals surface area contributed by atoms with E-state index in [1.165, 1.54) is 6.07 Å². The minimum absolute atomic E-state index is 0.129. The van der Waals surface area contributed by atoms with Crippen molar-refractivity contribution in [2.75, 3.05) is 6.54 Å². The average molecular weight is 324 g/mol. The van der Waals surface area contributed by atoms with Crippen molar-refractivity contribution in [3.05, 3.63) is 35.5 Å². The largest absolute Gasteiger partial charge is 0.416 e. The van der Waals surface area contributed by atoms with E-state index in [0.29, 0.717) is 24.4 Å². The zero-order chi connectivity index (χ0) is 16.6. The lowest BCUT2D eigenvalue weighted by Gasteiger charge is -2.16. The van der Waals surface area contributed by atoms with E-state index in [1.807, 2.05) is 0 Å². The molecule has 0 saturated carbocycles. The summed E-state index contributed by atoms with van der Waals surface area (Å²) in [6.45, 7) is 3.29. The molecule has 0 aliphatic carbocycles. The highest BCUT2D eigenvalue weighted by atomic mass is 19.4. The molecule has 1 aliphatic rings. The molecular weight excluding hydrogens is 305 g/mol. The van der Waals surface area contributed by atoms with Crippen molar-refractivity contribution in [2.24, 2.45) is 5.92 Å². The number of H-pyrrole nitrogens is 1. The monoisotopic (exact) mass is 324 g/mol. The first-order valence-corrected chi connectivity index (χ1v) is 7.83. The van der Waals surface area contributed by atoms with Gasteiger partial charge in [0, 0.05) is 36.6 Å². The van der Waals surface area contributed by atoms with E-state index < -0.39 is 11.7 Å². The molecule has 2 heterocycles. The van der Waals surface area contributed by atoms with Gasteiger partial charge in [-0.1, -0.05) is 19.4 Å². The standard InChI is InChI=1S/C17H19F3N2O/c1-2-3-11-6-16(23)22(9-11)10-12-8-21-15-7-13(17(18,19)20)4-5-14(12)15/h4-5,7-8,11,21H,2-3,6,9-10H2,1H3. The predicted molar refractivity (Wildman–Crippen MR) is 81.7 cm³/mol. The summed E-state index contributed by atoms with van der Waals surface area (Å²) in [6, 6.07) is 3.68. The first-order valence-electron chi connectivity index (χ1n) is 7.83. The Kier molecular flexibility index (Phi) is 4.08. The van der Waals surface area contributed by atoms with Crippen molar-refractivity contribution < 1.29 is 18.0 Å². The molecule has 1 unspecified atom stereocenters. The van der Waals surface area contributed by atoms with Crippen molar-refractivity contribution >= 4 is 16.8 Å². The molecule has 0 radical (unpaired) electrons. The molecule has 1 amide bonds. The second kappa shape index (κ2) is 5.91. The number of carbonyl (C=O) groups is 1. The van der Waals surface area contributed by atoms with Gasteiger partial charge in [0.15, 0.2) is 0 Å². The van der Waals surface area contributed by atoms with Crippen LogP contribution in [0.2, 0.25) is 0 Å². The van der Waals surface area contributed by atoms with Gasteiger partial charge in [-0.25, -0.2) is 0 Å². The Labute approximate surface area is 132 Å². The van der Waals surface area contributed by atoms with Gasteiger partial charge in [-0.15, -0.1) is 0 Å². The van der Waals surface area contributed by atoms with Crippen molar-refractivity contribution in [3.63, 3.8) is 0 Å². The van der Waals surface area contributed by atoms with Crippen molar-refractivity contribution in [2.45, 2.75) is 38.9 Å². The van der Waals surface area contributed by atoms with Crippen LogP contribution in [0.15, 0.2) is 24.4 Å². The SMILES string of the molecule is CCCC1CC(=O)N(Cc2c[nH]c3cc(C(F)(F)F)ccc23)C1. The van der Waals surface area contributed by atoms with E-state index >= 15 is 0 Å². The number of hydrogen-bond acceptors (Lipinski definition) is 1. The van der Waals surface area contributed by atoms with E-state index in [0.717, 1.165) is 42.5 Å². The summed E-state index contributed by atoms with van der Waals surface area (Å²) < 4.78 is 38.3. The Morgan fingerprint density at radius 1 is 1.35 bits per heavy atom. The van der Waals surface area contributed by atoms with Gasteiger partial charge in [-0.05, 0) is 30.0 Å². The summed E-state index contributed by atoms with van der Waals surface area (Å²) in [5.41, 5.74) is 0.643. The summed E-state index contributed by atoms with van der Waals surface area (Å²) in [5.74, 6) is 0.527. The Morgan fingerprint density at radius 2 is 2.13 bits per heavy atom. The number of aromatic amines is 1. The maximum atomic E-state index is 12.8. The number of halogens is 3. The summed E-state index contributed by atoms with van der Waals surface area (Å²) in [7, 11) is 0. The van der Waals surface area contributed by atoms with Crippen LogP contribution in [0.3, 0.4) is 0 Å². The molecule has 0 bridgehead atoms. The number of nitrogens with zero attached hydrogens (tertiary/aromatic N) is 1. The van der Waals surface area contributed by atoms with Gasteiger partial charge in [0.05, 0.1) is 5.56 Å². The smallest absolute Gasteiger partial charge is 0.361 e. The Hall–Kier alpha value is -1.98. The highest BCUT2D eigenvalue weighted by molar-refractivity contribution is 5.85. The Balaban J connectivity index is 1.80. The van der Waals surface area contributed by atoms with Crippen LogP contribution >= 0.6 is 0 Å². The molecule has 1 atom stereocenters. The fourth-order valence-corrected chi connectivity index (χ4v) is 3.31. The molecule has 1 aromatic carbocycles. The Bertz CT molecular complexity index is 720. The maximum absolute atomic E-state index is 12.8. The molecule has 2 aromatic rings. The lowest BCUT2D eigenvalue weighted by molar-refractivity contribution is -0.137. The normalized spacial score (nSPS) is 19.0. The van der Waals surface area contributed by atoms with Crippen molar-refractivity contribution in [1.82, 2.24) is 9.88 Å². The molecule has 23 heavy (non-hydrogen) atoms. The van der Waals surface area contributed by atoms with Gasteiger partial charge in [0.1, 0.15) is 0 Å². The average Bonchev–Trinajstić information content (AvgIpc) is 3.03. The number of carbonyl (C=O) groups excluding carboxylic acids is 1. The lowest BCUT2D eigenvalue weighted by atomic mass is 10.0. The topological polar surface area (TPSA) is 36.1 Å². The van der Waals surface area contributed by atoms with E-state index in [2.05, 4.69) is 11.9 Å². The molecule has 0 spiro atoms. The number of alkyl halides is 3. The van der Waals surface area contributed by atoms with Gasteiger partial charge in [-0.2, -0.15) is 13.2 Å². The number of hydrogen-bond donors (Lipinski definition) is 1. The highest BCUT2D eigenvalue weighted by Crippen LogP contribution is 2.32. The minimum atomic E-state index is -4.35. The predicted octanol–water partition coefficient (Wildman–Crippen LogP) is 4.34. The zero-order valence-corrected chi connectivity index (χ0v) is 12.9. The van der Waals surface area contributed by atoms with Crippen molar-refractivity contribution in [1.29, 1.82) is 0 Å². The number of nitrogens with one attached hydrogen (secondary N) is 1. The van der Waals surface area contributed by atoms with Crippen LogP contribution in [0, 0.1) is 5.92 Å². The van der Waals surface area contributed by atoms with E-state index in [4.69, 9.17) is 0 Å². The van der Waals surface area contributed by atoms with Gasteiger partial charge < -0.3 is 9.88 Å². The molecule has 1 N–H and O–H groups in total. The van der Waals surface area contributed by atoms with Crippen LogP contribution in [0.25, 0.3) is 10.9 Å². The third kappa shape index (κ3) is 3.21. The van der Waals surface area contributed by atoms with Crippen LogP contribution in [-0.2, 0) is 17.5 Å². The summed E-state index contributed by atoms with van der Waals surface area (Å²) >= 11 is 0. The molecule has 124 valence electrons. The molecule has 1 aromatic heterocycles. The van der Waals surface area contributed by atoms with Crippen LogP contribution < -0.4 is 0 Å². The van der Waals surface area contributed by atoms with Gasteiger partial charge in [0.2, 0.25) is 5.91 Å². The van der Waals surface area contributed by atoms with E-state index in [9.17, 15) is 18.0 Å². The molecule has 1 fully saturated rings. The van der Waals surface area contributed by atoms with E-state index in [1.54, 1.807) is 11.1 Å². The fraction of sp³-hybridized carbons (Fsp3) is 0.471. The first-order chi connectivity index (χ1) is 10.9. The lowest BCUT2D eigenvalue weighted by Crippen LogP contribution is -2.24. The quantitative estimate of drug-likeness (QED) is 0.892. The summed E-state index contributed by atoms with van der Waals surface area (Å²) in [5, 5.41) is 0.741. The van der Waals surface area contributed by atoms with Crippen LogP contribution in [0.4, 0.5) is 13.2 Å². The van der Waals surface area contributed by atoms with Crippen LogP contribution in [0.1, 0.15) is 37.3 Å². The molecule has 1 aliphatic heterocycles. The number of likely N-dealkylation sites (tertiary alicyclic amines) is 1. The number of amides is 1. The molecule has 1 saturated heterocycles. The van der Waals surface area contributed by atoms with Crippen molar-refractivity contribution in [3.8, 4) is 0 Å². The minimum Gasteiger partial charge on any atom is -0.361 e. The van der Waals surface area contributed by atoms with E-state index in [-0.39, 0.29) is 5.91 Å². The molecule has 3 rings (SSSR count). The maximum Gasteiger partial charge on any atom is 0.416 e. The van der Waals surface area contributed by atoms with Gasteiger partial charge in [-0.3, -0.25) is 4.79 Å². The number of rotatable bonds is 4. The summed E-state index contributed by atoms with van der Waals surface area (Å²) in [6.07, 6.45) is 0.0155. The van der Waals surface area contributed by atoms with Crippen LogP contribution in [0.5, 0.6) is 0 Å². The third-order valence-electron chi connectivity index (χ3n) is 4.45. The van der Waals surface area contributed by atoms with Gasteiger partial charge in [0.25, 0.3) is 0 Å². The second-order valence-corrected chi connectivity index (χ2v) is 6.21. The molecule has 3 nitrogen and oxygen atoms in total. The molecular formula is C17H19F3N2O. The zero-order valence-electron chi connectivity index (χ0n) is 12.9. The first kappa shape index (κ1) is 15.9. The highest BCUT2D eigenvalue weighted by Gasteiger charge is 2.31. The fourth-order valence-electron chi connectivity index (χ4n) is 3.31. The number of benzene rings is 1. The molecule has 6 heteroatoms. The number of fused-ring (bicyclic) bond motifs is 1. The third-order valence-corrected chi connectivity index (χ3v) is 4.45. The summed E-state index contributed by atoms with van der Waals surface area (Å²) in [4.78, 5) is 16.8. The van der Waals surface area contributed by atoms with Crippen LogP contribution in [-0.4, -0.2) is 22.3 Å². The second-order valence-electron chi connectivity index (χ2n) is 6.21. The number of aromatic nitrogens is 1. The Morgan fingerprint density at radius 3 is 2.83 bits per heavy atom.